The van der Waals surface area contributed by atoms with E-state index in [0.717, 1.165) is 11.8 Å². The number of hydrogen-bond acceptors (Lipinski definition) is 1. The van der Waals surface area contributed by atoms with Crippen LogP contribution in [0.4, 0.5) is 5.69 Å². The summed E-state index contributed by atoms with van der Waals surface area (Å²) >= 11 is 3.80. The number of aryl methyl sites for hydroxylation is 1. The zero-order chi connectivity index (χ0) is 14.4. The fraction of sp³-hybridized carbons (Fsp3) is 0.667. The zero-order valence-corrected chi connectivity index (χ0v) is 14.6. The van der Waals surface area contributed by atoms with Gasteiger partial charge in [0.2, 0.25) is 0 Å². The van der Waals surface area contributed by atoms with Crippen LogP contribution in [0.1, 0.15) is 51.0 Å². The van der Waals surface area contributed by atoms with Crippen molar-refractivity contribution in [2.24, 2.45) is 5.41 Å². The molecule has 0 spiro atoms. The molecule has 0 aromatic heterocycles. The van der Waals surface area contributed by atoms with E-state index in [1.54, 1.807) is 0 Å². The lowest BCUT2D eigenvalue weighted by molar-refractivity contribution is 0.295. The normalized spacial score (nSPS) is 18.6. The van der Waals surface area contributed by atoms with Crippen molar-refractivity contribution >= 4 is 21.6 Å². The lowest BCUT2D eigenvalue weighted by atomic mass is 9.82. The highest BCUT2D eigenvalue weighted by Gasteiger charge is 2.31. The molecule has 1 aromatic rings. The van der Waals surface area contributed by atoms with E-state index in [4.69, 9.17) is 0 Å². The molecule has 112 valence electrons. The number of hydrogen-bond donors (Lipinski definition) is 0. The molecular weight excluding hydrogens is 310 g/mol. The second kappa shape index (κ2) is 7.49. The van der Waals surface area contributed by atoms with Crippen molar-refractivity contribution in [3.05, 3.63) is 29.8 Å². The maximum atomic E-state index is 3.80. The van der Waals surface area contributed by atoms with Crippen LogP contribution in [0, 0.1) is 5.41 Å². The van der Waals surface area contributed by atoms with Gasteiger partial charge in [-0.3, -0.25) is 0 Å². The lowest BCUT2D eigenvalue weighted by Crippen LogP contribution is -2.36. The van der Waals surface area contributed by atoms with Crippen LogP contribution in [0.25, 0.3) is 0 Å². The minimum absolute atomic E-state index is 0.467. The average molecular weight is 338 g/mol. The van der Waals surface area contributed by atoms with Gasteiger partial charge in [-0.2, -0.15) is 0 Å². The SMILES string of the molecule is CCc1ccc(N(C)CC2(CBr)CCCCCC2)cc1. The molecule has 0 N–H and O–H groups in total. The van der Waals surface area contributed by atoms with Gasteiger partial charge in [-0.05, 0) is 42.4 Å². The molecule has 1 fully saturated rings. The molecular formula is C18H28BrN. The summed E-state index contributed by atoms with van der Waals surface area (Å²) in [6.45, 7) is 3.38. The molecule has 0 atom stereocenters. The first-order chi connectivity index (χ1) is 9.69. The third-order valence-corrected chi connectivity index (χ3v) is 6.00. The Balaban J connectivity index is 2.05. The first-order valence-corrected chi connectivity index (χ1v) is 9.17. The Labute approximate surface area is 132 Å². The first kappa shape index (κ1) is 15.9. The molecule has 0 saturated heterocycles. The Bertz CT molecular complexity index is 390. The molecule has 20 heavy (non-hydrogen) atoms. The summed E-state index contributed by atoms with van der Waals surface area (Å²) in [5.41, 5.74) is 3.24. The lowest BCUT2D eigenvalue weighted by Gasteiger charge is -2.36. The predicted octanol–water partition coefficient (Wildman–Crippen LogP) is 5.42. The molecule has 0 bridgehead atoms. The summed E-state index contributed by atoms with van der Waals surface area (Å²) in [5.74, 6) is 0. The number of rotatable bonds is 5. The Morgan fingerprint density at radius 3 is 2.15 bits per heavy atom. The molecule has 1 aromatic carbocycles. The maximum Gasteiger partial charge on any atom is 0.0363 e. The molecule has 0 aliphatic heterocycles. The topological polar surface area (TPSA) is 3.24 Å². The fourth-order valence-corrected chi connectivity index (χ4v) is 4.13. The monoisotopic (exact) mass is 337 g/mol. The highest BCUT2D eigenvalue weighted by Crippen LogP contribution is 2.38. The van der Waals surface area contributed by atoms with E-state index in [1.807, 2.05) is 0 Å². The Morgan fingerprint density at radius 1 is 1.05 bits per heavy atom. The van der Waals surface area contributed by atoms with Gasteiger partial charge >= 0.3 is 0 Å². The largest absolute Gasteiger partial charge is 0.374 e. The third-order valence-electron chi connectivity index (χ3n) is 4.81. The van der Waals surface area contributed by atoms with Crippen LogP contribution >= 0.6 is 15.9 Å². The van der Waals surface area contributed by atoms with Gasteiger partial charge in [-0.15, -0.1) is 0 Å². The molecule has 1 aliphatic rings. The van der Waals surface area contributed by atoms with E-state index in [0.29, 0.717) is 5.41 Å². The van der Waals surface area contributed by atoms with Crippen LogP contribution < -0.4 is 4.90 Å². The van der Waals surface area contributed by atoms with E-state index >= 15 is 0 Å². The summed E-state index contributed by atoms with van der Waals surface area (Å²) in [5, 5.41) is 1.14. The van der Waals surface area contributed by atoms with Crippen molar-refractivity contribution in [2.75, 3.05) is 23.8 Å². The number of halogens is 1. The first-order valence-electron chi connectivity index (χ1n) is 8.05. The Morgan fingerprint density at radius 2 is 1.65 bits per heavy atom. The summed E-state index contributed by atoms with van der Waals surface area (Å²) in [4.78, 5) is 2.45. The van der Waals surface area contributed by atoms with Gasteiger partial charge in [0.1, 0.15) is 0 Å². The minimum Gasteiger partial charge on any atom is -0.374 e. The summed E-state index contributed by atoms with van der Waals surface area (Å²) in [6.07, 6.45) is 9.50. The predicted molar refractivity (Wildman–Crippen MR) is 93.0 cm³/mol. The molecule has 1 aliphatic carbocycles. The number of nitrogens with zero attached hydrogens (tertiary/aromatic N) is 1. The molecule has 0 amide bonds. The zero-order valence-electron chi connectivity index (χ0n) is 13.0. The van der Waals surface area contributed by atoms with Crippen molar-refractivity contribution in [3.63, 3.8) is 0 Å². The highest BCUT2D eigenvalue weighted by atomic mass is 79.9. The van der Waals surface area contributed by atoms with E-state index in [9.17, 15) is 0 Å². The van der Waals surface area contributed by atoms with Gasteiger partial charge < -0.3 is 4.90 Å². The van der Waals surface area contributed by atoms with Crippen LogP contribution in [-0.2, 0) is 6.42 Å². The second-order valence-electron chi connectivity index (χ2n) is 6.42. The van der Waals surface area contributed by atoms with E-state index in [2.05, 4.69) is 59.1 Å². The number of anilines is 1. The molecule has 1 saturated carbocycles. The molecule has 0 heterocycles. The summed E-state index contributed by atoms with van der Waals surface area (Å²) < 4.78 is 0. The van der Waals surface area contributed by atoms with Crippen LogP contribution in [0.2, 0.25) is 0 Å². The number of benzene rings is 1. The molecule has 2 heteroatoms. The third kappa shape index (κ3) is 4.00. The van der Waals surface area contributed by atoms with E-state index < -0.39 is 0 Å². The fourth-order valence-electron chi connectivity index (χ4n) is 3.39. The van der Waals surface area contributed by atoms with Gasteiger partial charge in [0.25, 0.3) is 0 Å². The minimum atomic E-state index is 0.467. The van der Waals surface area contributed by atoms with Crippen molar-refractivity contribution in [2.45, 2.75) is 51.9 Å². The number of alkyl halides is 1. The summed E-state index contributed by atoms with van der Waals surface area (Å²) in [6, 6.07) is 9.08. The highest BCUT2D eigenvalue weighted by molar-refractivity contribution is 9.09. The Kier molecular flexibility index (Phi) is 5.95. The van der Waals surface area contributed by atoms with Crippen molar-refractivity contribution in [3.8, 4) is 0 Å². The van der Waals surface area contributed by atoms with Gasteiger partial charge in [-0.1, -0.05) is 60.7 Å². The molecule has 0 unspecified atom stereocenters. The van der Waals surface area contributed by atoms with Gasteiger partial charge in [0.05, 0.1) is 0 Å². The summed E-state index contributed by atoms with van der Waals surface area (Å²) in [7, 11) is 2.25. The van der Waals surface area contributed by atoms with Gasteiger partial charge in [0.15, 0.2) is 0 Å². The molecule has 1 nitrogen and oxygen atoms in total. The van der Waals surface area contributed by atoms with Crippen molar-refractivity contribution < 1.29 is 0 Å². The van der Waals surface area contributed by atoms with Crippen LogP contribution in [0.3, 0.4) is 0 Å². The second-order valence-corrected chi connectivity index (χ2v) is 6.98. The van der Waals surface area contributed by atoms with Crippen LogP contribution in [0.5, 0.6) is 0 Å². The van der Waals surface area contributed by atoms with Crippen LogP contribution in [0.15, 0.2) is 24.3 Å². The van der Waals surface area contributed by atoms with Gasteiger partial charge in [-0.25, -0.2) is 0 Å². The quantitative estimate of drug-likeness (QED) is 0.512. The molecule has 2 rings (SSSR count). The van der Waals surface area contributed by atoms with Crippen LogP contribution in [-0.4, -0.2) is 18.9 Å². The van der Waals surface area contributed by atoms with E-state index in [1.165, 1.54) is 56.3 Å². The molecule has 0 radical (unpaired) electrons. The van der Waals surface area contributed by atoms with Gasteiger partial charge in [0, 0.05) is 24.6 Å². The average Bonchev–Trinajstić information content (AvgIpc) is 2.73. The van der Waals surface area contributed by atoms with Crippen molar-refractivity contribution in [1.82, 2.24) is 0 Å². The van der Waals surface area contributed by atoms with E-state index in [-0.39, 0.29) is 0 Å². The maximum absolute atomic E-state index is 3.80. The Hall–Kier alpha value is -0.500. The standard InChI is InChI=1S/C18H28BrN/c1-3-16-8-10-17(11-9-16)20(2)15-18(14-19)12-6-4-5-7-13-18/h8-11H,3-7,12-15H2,1-2H3. The van der Waals surface area contributed by atoms with Crippen molar-refractivity contribution in [1.29, 1.82) is 0 Å². The smallest absolute Gasteiger partial charge is 0.0363 e.